The highest BCUT2D eigenvalue weighted by Gasteiger charge is 2.62. The van der Waals surface area contributed by atoms with Crippen LogP contribution in [0.5, 0.6) is 115 Å². The predicted molar refractivity (Wildman–Crippen MR) is 296 cm³/mol. The minimum absolute atomic E-state index is 0.0112. The Morgan fingerprint density at radius 1 is 0.442 bits per heavy atom. The van der Waals surface area contributed by atoms with Gasteiger partial charge in [-0.25, -0.2) is 0 Å². The van der Waals surface area contributed by atoms with Crippen molar-refractivity contribution in [3.8, 4) is 115 Å². The first kappa shape index (κ1) is 54.9. The van der Waals surface area contributed by atoms with Gasteiger partial charge >= 0.3 is 5.79 Å². The fourth-order valence-corrected chi connectivity index (χ4v) is 13.3. The topological polar surface area (TPSA) is 414 Å². The molecular formula is C63H55O23+. The van der Waals surface area contributed by atoms with Crippen molar-refractivity contribution in [2.24, 2.45) is 5.92 Å². The predicted octanol–water partition coefficient (Wildman–Crippen LogP) is 7.39. The second-order valence-electron chi connectivity index (χ2n) is 22.4. The Labute approximate surface area is 485 Å². The summed E-state index contributed by atoms with van der Waals surface area (Å²) in [5.74, 6) is -17.9. The summed E-state index contributed by atoms with van der Waals surface area (Å²) in [6.07, 6.45) is -9.56. The number of phenols is 15. The van der Waals surface area contributed by atoms with E-state index in [0.29, 0.717) is 11.1 Å². The van der Waals surface area contributed by atoms with Gasteiger partial charge in [0, 0.05) is 87.0 Å². The molecule has 5 heterocycles. The third-order valence-electron chi connectivity index (χ3n) is 17.3. The summed E-state index contributed by atoms with van der Waals surface area (Å²) in [6.45, 7) is 3.39. The van der Waals surface area contributed by atoms with Crippen LogP contribution in [-0.2, 0) is 18.6 Å². The molecule has 0 saturated carbocycles. The van der Waals surface area contributed by atoms with E-state index in [9.17, 15) is 91.9 Å². The van der Waals surface area contributed by atoms with Gasteiger partial charge in [-0.2, -0.15) is 0 Å². The van der Waals surface area contributed by atoms with Crippen molar-refractivity contribution in [2.75, 3.05) is 0 Å². The van der Waals surface area contributed by atoms with Crippen molar-refractivity contribution in [3.63, 3.8) is 0 Å². The lowest BCUT2D eigenvalue weighted by Gasteiger charge is -2.51. The van der Waals surface area contributed by atoms with E-state index in [1.54, 1.807) is 13.0 Å². The van der Waals surface area contributed by atoms with Crippen LogP contribution in [0.2, 0.25) is 0 Å². The summed E-state index contributed by atoms with van der Waals surface area (Å²) in [4.78, 5) is 0. The molecule has 5 aliphatic rings. The van der Waals surface area contributed by atoms with Gasteiger partial charge in [-0.05, 0) is 78.2 Å². The van der Waals surface area contributed by atoms with Crippen LogP contribution < -0.4 is 18.9 Å². The number of hydrogen-bond donors (Lipinski definition) is 18. The second-order valence-corrected chi connectivity index (χ2v) is 22.4. The van der Waals surface area contributed by atoms with Crippen molar-refractivity contribution in [1.29, 1.82) is 0 Å². The summed E-state index contributed by atoms with van der Waals surface area (Å²) in [5, 5.41) is 206. The molecule has 0 radical (unpaired) electrons. The molecule has 0 aromatic heterocycles. The molecule has 0 saturated heterocycles. The maximum atomic E-state index is 13.2. The van der Waals surface area contributed by atoms with Crippen LogP contribution in [0.4, 0.5) is 0 Å². The molecule has 0 spiro atoms. The number of ether oxygens (including phenoxy) is 5. The highest BCUT2D eigenvalue weighted by atomic mass is 16.7. The zero-order valence-electron chi connectivity index (χ0n) is 45.1. The van der Waals surface area contributed by atoms with Gasteiger partial charge in [0.25, 0.3) is 5.75 Å². The number of phenolic OH excluding ortho intramolecular Hbond substituents is 15. The summed E-state index contributed by atoms with van der Waals surface area (Å²) < 4.78 is 31.9. The van der Waals surface area contributed by atoms with Crippen LogP contribution in [0, 0.1) is 5.92 Å². The Morgan fingerprint density at radius 2 is 0.942 bits per heavy atom. The lowest BCUT2D eigenvalue weighted by atomic mass is 9.70. The summed E-state index contributed by atoms with van der Waals surface area (Å²) in [5.41, 5.74) is -0.833. The molecule has 11 unspecified atom stereocenters. The first-order valence-electron chi connectivity index (χ1n) is 27.0. The third-order valence-corrected chi connectivity index (χ3v) is 17.3. The molecule has 0 fully saturated rings. The van der Waals surface area contributed by atoms with Gasteiger partial charge in [-0.1, -0.05) is 26.0 Å². The first-order valence-corrected chi connectivity index (χ1v) is 27.0. The van der Waals surface area contributed by atoms with E-state index >= 15 is 0 Å². The van der Waals surface area contributed by atoms with Gasteiger partial charge < -0.3 is 116 Å². The molecule has 2 bridgehead atoms. The van der Waals surface area contributed by atoms with Gasteiger partial charge in [0.05, 0.1) is 29.1 Å². The van der Waals surface area contributed by atoms with Crippen LogP contribution in [0.15, 0.2) is 97.1 Å². The Hall–Kier alpha value is -10.4. The van der Waals surface area contributed by atoms with Crippen LogP contribution in [0.3, 0.4) is 0 Å². The lowest BCUT2D eigenvalue weighted by molar-refractivity contribution is -0.219. The number of benzene rings is 8. The van der Waals surface area contributed by atoms with Crippen molar-refractivity contribution in [1.82, 2.24) is 0 Å². The fraction of sp³-hybridized carbons (Fsp3) is 0.238. The van der Waals surface area contributed by atoms with E-state index in [1.165, 1.54) is 30.3 Å². The monoisotopic (exact) mass is 1180 g/mol. The minimum atomic E-state index is -2.61. The molecule has 19 N–H and O–H groups in total. The average molecular weight is 1180 g/mol. The van der Waals surface area contributed by atoms with Crippen molar-refractivity contribution in [3.05, 3.63) is 164 Å². The maximum absolute atomic E-state index is 13.2. The second kappa shape index (κ2) is 19.3. The number of rotatable bonds is 7. The molecule has 0 amide bonds. The molecular weight excluding hydrogens is 1120 g/mol. The SMILES string of the molecule is CC(c1c(O)cc(O)c2c1OC1(c3ccc(O)c(O)c3)Oc3cc(O)c4c(c3C2C1O)OC(c1ccc(O)c(O)c1)C(O)C4c1c(O)cc(O)c2c1OC(c1ccc(O)c(O)c1)C(O)C2)c1c(O)cc(O)c2c1[OH+]C(c1ccc(O)c(O)c1)C(C)C2. The van der Waals surface area contributed by atoms with Gasteiger partial charge in [0.15, 0.2) is 52.1 Å². The molecule has 444 valence electrons. The van der Waals surface area contributed by atoms with Crippen LogP contribution in [-0.4, -0.2) is 115 Å². The lowest BCUT2D eigenvalue weighted by Crippen LogP contribution is -2.58. The van der Waals surface area contributed by atoms with E-state index in [-0.39, 0.29) is 103 Å². The van der Waals surface area contributed by atoms with Crippen LogP contribution >= 0.6 is 0 Å². The molecule has 11 atom stereocenters. The number of fused-ring (bicyclic) bond motifs is 10. The third kappa shape index (κ3) is 8.05. The number of aliphatic hydroxyl groups is 4. The number of aromatic hydroxyl groups is 16. The Balaban J connectivity index is 1.06. The maximum Gasteiger partial charge on any atom is 0.305 e. The smallest absolute Gasteiger partial charge is 0.305 e. The zero-order chi connectivity index (χ0) is 61.0. The van der Waals surface area contributed by atoms with Crippen LogP contribution in [0.1, 0.15) is 117 Å². The van der Waals surface area contributed by atoms with E-state index < -0.39 is 146 Å². The van der Waals surface area contributed by atoms with E-state index in [1.807, 2.05) is 6.92 Å². The Bertz CT molecular complexity index is 4180. The number of hydrogen-bond acceptors (Lipinski definition) is 22. The molecule has 8 aromatic rings. The van der Waals surface area contributed by atoms with E-state index in [2.05, 4.69) is 0 Å². The van der Waals surface area contributed by atoms with Gasteiger partial charge in [0.1, 0.15) is 81.6 Å². The molecule has 0 aliphatic carbocycles. The fourth-order valence-electron chi connectivity index (χ4n) is 13.3. The van der Waals surface area contributed by atoms with E-state index in [4.69, 9.17) is 23.7 Å². The number of aliphatic hydroxyl groups excluding tert-OH is 3. The summed E-state index contributed by atoms with van der Waals surface area (Å²) in [6, 6.07) is 18.5. The standard InChI is InChI=1S/C63H54O23/c1-21-11-27-33(68)17-39(74)46(58(27)82-55(21)23-3-7-29(64)35(70)12-23)22(2)47-40(75)19-42(77)50-53-51-45(85-63(62(53)81,86-61(47)50)26-6-10-32(67)38(73)15-26)20-43(78)49-52(54(80)57(84-60(49)51)25-5-9-31(66)37(72)14-25)48-41(76)18-34(69)28-16-44(79)56(83-59(28)48)24-4-8-30(65)36(71)13-24/h3-10,12-15,17-22,44,52-57,62,64-81H,11,16H2,1-2H3/p+1. The molecule has 8 aromatic carbocycles. The van der Waals surface area contributed by atoms with E-state index in [0.717, 1.165) is 60.7 Å². The van der Waals surface area contributed by atoms with Gasteiger partial charge in [-0.15, -0.1) is 0 Å². The van der Waals surface area contributed by atoms with Gasteiger partial charge in [0.2, 0.25) is 6.10 Å². The van der Waals surface area contributed by atoms with Gasteiger partial charge in [-0.3, -0.25) is 0 Å². The molecule has 23 nitrogen and oxygen atoms in total. The molecule has 5 aliphatic heterocycles. The molecule has 86 heavy (non-hydrogen) atoms. The highest BCUT2D eigenvalue weighted by Crippen LogP contribution is 2.67. The summed E-state index contributed by atoms with van der Waals surface area (Å²) >= 11 is 0. The molecule has 13 rings (SSSR count). The minimum Gasteiger partial charge on any atom is -0.577 e. The van der Waals surface area contributed by atoms with Crippen LogP contribution in [0.25, 0.3) is 0 Å². The largest absolute Gasteiger partial charge is 0.577 e. The quantitative estimate of drug-likeness (QED) is 0.0546. The zero-order valence-corrected chi connectivity index (χ0v) is 45.1. The average Bonchev–Trinajstić information content (AvgIpc) is 0.696. The molecule has 23 heteroatoms. The normalized spacial score (nSPS) is 24.4. The first-order chi connectivity index (χ1) is 40.9. The highest BCUT2D eigenvalue weighted by molar-refractivity contribution is 5.74. The Morgan fingerprint density at radius 3 is 1.57 bits per heavy atom. The van der Waals surface area contributed by atoms with Crippen molar-refractivity contribution >= 4 is 0 Å². The van der Waals surface area contributed by atoms with Crippen molar-refractivity contribution < 1.29 is 116 Å². The van der Waals surface area contributed by atoms with Crippen molar-refractivity contribution in [2.45, 2.75) is 86.9 Å². The Kier molecular flexibility index (Phi) is 12.3. The summed E-state index contributed by atoms with van der Waals surface area (Å²) in [7, 11) is 0.